The van der Waals surface area contributed by atoms with E-state index in [2.05, 4.69) is 37.6 Å². The van der Waals surface area contributed by atoms with Crippen molar-refractivity contribution in [2.45, 2.75) is 12.8 Å². The fraction of sp³-hybridized carbons (Fsp3) is 0.370. The Kier molecular flexibility index (Phi) is 7.50. The standard InChI is InChI=1S/C27H31N5O3/c33-26(29-19-20-10-15-34-16-11-20)22-3-1-21(2-4-22)25-9-12-28-27(31-25)30-23-5-7-24(8-6-23)32-13-17-35-18-14-32/h1-9,12,20H,10-11,13-19H2,(H,29,33)(H,28,30,31). The van der Waals surface area contributed by atoms with E-state index in [1.165, 1.54) is 5.69 Å². The second kappa shape index (κ2) is 11.3. The number of carbonyl (C=O) groups excluding carboxylic acids is 1. The van der Waals surface area contributed by atoms with Crippen LogP contribution in [-0.4, -0.2) is 61.9 Å². The second-order valence-corrected chi connectivity index (χ2v) is 8.88. The number of nitrogens with one attached hydrogen (secondary N) is 2. The quantitative estimate of drug-likeness (QED) is 0.538. The highest BCUT2D eigenvalue weighted by Crippen LogP contribution is 2.23. The lowest BCUT2D eigenvalue weighted by Gasteiger charge is -2.28. The molecule has 2 aromatic carbocycles. The lowest BCUT2D eigenvalue weighted by molar-refractivity contribution is 0.0642. The summed E-state index contributed by atoms with van der Waals surface area (Å²) >= 11 is 0. The lowest BCUT2D eigenvalue weighted by Crippen LogP contribution is -2.36. The molecular weight excluding hydrogens is 442 g/mol. The number of ether oxygens (including phenoxy) is 2. The van der Waals surface area contributed by atoms with Crippen LogP contribution in [0.2, 0.25) is 0 Å². The van der Waals surface area contributed by atoms with Crippen LogP contribution in [0.5, 0.6) is 0 Å². The maximum Gasteiger partial charge on any atom is 0.251 e. The molecule has 182 valence electrons. The van der Waals surface area contributed by atoms with Crippen molar-refractivity contribution in [2.24, 2.45) is 5.92 Å². The van der Waals surface area contributed by atoms with Gasteiger partial charge in [-0.25, -0.2) is 9.97 Å². The molecule has 5 rings (SSSR count). The van der Waals surface area contributed by atoms with Gasteiger partial charge < -0.3 is 25.0 Å². The molecule has 2 aliphatic rings. The zero-order valence-corrected chi connectivity index (χ0v) is 19.8. The van der Waals surface area contributed by atoms with E-state index in [1.54, 1.807) is 6.20 Å². The van der Waals surface area contributed by atoms with Gasteiger partial charge in [-0.3, -0.25) is 4.79 Å². The van der Waals surface area contributed by atoms with Gasteiger partial charge in [0.25, 0.3) is 5.91 Å². The van der Waals surface area contributed by atoms with Crippen LogP contribution < -0.4 is 15.5 Å². The monoisotopic (exact) mass is 473 g/mol. The van der Waals surface area contributed by atoms with Gasteiger partial charge in [-0.2, -0.15) is 0 Å². The van der Waals surface area contributed by atoms with Gasteiger partial charge in [-0.05, 0) is 61.2 Å². The van der Waals surface area contributed by atoms with Crippen molar-refractivity contribution >= 4 is 23.2 Å². The molecule has 2 N–H and O–H groups in total. The van der Waals surface area contributed by atoms with Gasteiger partial charge in [0.2, 0.25) is 5.95 Å². The number of amides is 1. The van der Waals surface area contributed by atoms with Crippen molar-refractivity contribution < 1.29 is 14.3 Å². The summed E-state index contributed by atoms with van der Waals surface area (Å²) in [5.74, 6) is 0.975. The van der Waals surface area contributed by atoms with E-state index < -0.39 is 0 Å². The summed E-state index contributed by atoms with van der Waals surface area (Å²) in [6, 6.07) is 17.7. The highest BCUT2D eigenvalue weighted by atomic mass is 16.5. The van der Waals surface area contributed by atoms with Crippen molar-refractivity contribution in [2.75, 3.05) is 56.3 Å². The Labute approximate surface area is 205 Å². The maximum absolute atomic E-state index is 12.5. The normalized spacial score (nSPS) is 16.6. The largest absolute Gasteiger partial charge is 0.381 e. The summed E-state index contributed by atoms with van der Waals surface area (Å²) in [6.07, 6.45) is 3.74. The Hall–Kier alpha value is -3.49. The minimum Gasteiger partial charge on any atom is -0.381 e. The van der Waals surface area contributed by atoms with Crippen LogP contribution in [0.4, 0.5) is 17.3 Å². The number of carbonyl (C=O) groups is 1. The molecule has 3 aromatic rings. The summed E-state index contributed by atoms with van der Waals surface area (Å²) in [5.41, 5.74) is 4.48. The highest BCUT2D eigenvalue weighted by Gasteiger charge is 2.15. The molecule has 0 aliphatic carbocycles. The van der Waals surface area contributed by atoms with Gasteiger partial charge in [0.05, 0.1) is 18.9 Å². The third-order valence-corrected chi connectivity index (χ3v) is 6.49. The van der Waals surface area contributed by atoms with Crippen LogP contribution in [0.3, 0.4) is 0 Å². The van der Waals surface area contributed by atoms with E-state index >= 15 is 0 Å². The maximum atomic E-state index is 12.5. The third-order valence-electron chi connectivity index (χ3n) is 6.49. The molecule has 0 saturated carbocycles. The molecule has 0 bridgehead atoms. The average Bonchev–Trinajstić information content (AvgIpc) is 2.93. The molecule has 3 heterocycles. The Morgan fingerprint density at radius 1 is 0.914 bits per heavy atom. The van der Waals surface area contributed by atoms with Crippen molar-refractivity contribution in [3.05, 3.63) is 66.4 Å². The van der Waals surface area contributed by atoms with Crippen molar-refractivity contribution in [3.63, 3.8) is 0 Å². The first-order valence-electron chi connectivity index (χ1n) is 12.2. The van der Waals surface area contributed by atoms with Gasteiger partial charge in [0.15, 0.2) is 0 Å². The summed E-state index contributed by atoms with van der Waals surface area (Å²) < 4.78 is 10.8. The van der Waals surface area contributed by atoms with Crippen molar-refractivity contribution in [1.29, 1.82) is 0 Å². The van der Waals surface area contributed by atoms with Crippen LogP contribution in [0.25, 0.3) is 11.3 Å². The Balaban J connectivity index is 1.19. The number of rotatable bonds is 7. The Morgan fingerprint density at radius 2 is 1.63 bits per heavy atom. The fourth-order valence-corrected chi connectivity index (χ4v) is 4.37. The van der Waals surface area contributed by atoms with Gasteiger partial charge in [-0.1, -0.05) is 12.1 Å². The predicted molar refractivity (Wildman–Crippen MR) is 136 cm³/mol. The Morgan fingerprint density at radius 3 is 2.37 bits per heavy atom. The zero-order chi connectivity index (χ0) is 23.9. The smallest absolute Gasteiger partial charge is 0.251 e. The van der Waals surface area contributed by atoms with Gasteiger partial charge >= 0.3 is 0 Å². The number of aromatic nitrogens is 2. The number of morpholine rings is 1. The van der Waals surface area contributed by atoms with Crippen molar-refractivity contribution in [3.8, 4) is 11.3 Å². The fourth-order valence-electron chi connectivity index (χ4n) is 4.37. The first-order chi connectivity index (χ1) is 17.2. The first-order valence-corrected chi connectivity index (χ1v) is 12.2. The van der Waals surface area contributed by atoms with Crippen LogP contribution in [0.1, 0.15) is 23.2 Å². The van der Waals surface area contributed by atoms with E-state index in [1.807, 2.05) is 42.5 Å². The zero-order valence-electron chi connectivity index (χ0n) is 19.8. The number of nitrogens with zero attached hydrogens (tertiary/aromatic N) is 3. The first kappa shape index (κ1) is 23.3. The third kappa shape index (κ3) is 6.15. The van der Waals surface area contributed by atoms with E-state index in [0.29, 0.717) is 24.0 Å². The molecule has 1 amide bonds. The van der Waals surface area contributed by atoms with Crippen LogP contribution >= 0.6 is 0 Å². The SMILES string of the molecule is O=C(NCC1CCOCC1)c1ccc(-c2ccnc(Nc3ccc(N4CCOCC4)cc3)n2)cc1. The number of anilines is 3. The molecule has 2 saturated heterocycles. The molecule has 1 aromatic heterocycles. The number of hydrogen-bond donors (Lipinski definition) is 2. The van der Waals surface area contributed by atoms with Crippen LogP contribution in [0.15, 0.2) is 60.8 Å². The van der Waals surface area contributed by atoms with Crippen LogP contribution in [0, 0.1) is 5.92 Å². The summed E-state index contributed by atoms with van der Waals surface area (Å²) in [4.78, 5) is 23.9. The van der Waals surface area contributed by atoms with E-state index in [4.69, 9.17) is 9.47 Å². The molecule has 0 unspecified atom stereocenters. The summed E-state index contributed by atoms with van der Waals surface area (Å²) in [7, 11) is 0. The topological polar surface area (TPSA) is 88.6 Å². The molecule has 0 radical (unpaired) electrons. The molecular formula is C27H31N5O3. The second-order valence-electron chi connectivity index (χ2n) is 8.88. The van der Waals surface area contributed by atoms with Gasteiger partial charge in [-0.15, -0.1) is 0 Å². The molecule has 2 aliphatic heterocycles. The van der Waals surface area contributed by atoms with Crippen LogP contribution in [-0.2, 0) is 9.47 Å². The molecule has 8 nitrogen and oxygen atoms in total. The van der Waals surface area contributed by atoms with E-state index in [9.17, 15) is 4.79 Å². The molecule has 2 fully saturated rings. The average molecular weight is 474 g/mol. The minimum absolute atomic E-state index is 0.0476. The molecule has 0 spiro atoms. The molecule has 8 heteroatoms. The lowest BCUT2D eigenvalue weighted by atomic mass is 10.0. The van der Waals surface area contributed by atoms with Gasteiger partial charge in [0.1, 0.15) is 0 Å². The van der Waals surface area contributed by atoms with E-state index in [-0.39, 0.29) is 5.91 Å². The predicted octanol–water partition coefficient (Wildman–Crippen LogP) is 3.88. The number of benzene rings is 2. The number of hydrogen-bond acceptors (Lipinski definition) is 7. The summed E-state index contributed by atoms with van der Waals surface area (Å²) in [5, 5.41) is 6.33. The van der Waals surface area contributed by atoms with Gasteiger partial charge in [0, 0.05) is 61.5 Å². The van der Waals surface area contributed by atoms with E-state index in [0.717, 1.165) is 69.3 Å². The Bertz CT molecular complexity index is 1110. The van der Waals surface area contributed by atoms with Crippen molar-refractivity contribution in [1.82, 2.24) is 15.3 Å². The molecule has 35 heavy (non-hydrogen) atoms. The summed E-state index contributed by atoms with van der Waals surface area (Å²) in [6.45, 7) is 5.61. The minimum atomic E-state index is -0.0476. The molecule has 0 atom stereocenters. The highest BCUT2D eigenvalue weighted by molar-refractivity contribution is 5.94.